The second-order valence-corrected chi connectivity index (χ2v) is 4.29. The monoisotopic (exact) mass is 209 g/mol. The van der Waals surface area contributed by atoms with Crippen LogP contribution in [0.5, 0.6) is 0 Å². The minimum absolute atomic E-state index is 0.141. The first kappa shape index (κ1) is 11.8. The Bertz CT molecular complexity index is 393. The van der Waals surface area contributed by atoms with E-state index in [1.165, 1.54) is 0 Å². The molecule has 0 saturated heterocycles. The molecule has 0 aromatic carbocycles. The van der Waals surface area contributed by atoms with Crippen LogP contribution in [0.25, 0.3) is 0 Å². The minimum Gasteiger partial charge on any atom is -0.425 e. The van der Waals surface area contributed by atoms with Crippen LogP contribution in [-0.4, -0.2) is 9.94 Å². The number of hydrogen-bond acceptors (Lipinski definition) is 2. The molecule has 1 rings (SSSR count). The van der Waals surface area contributed by atoms with E-state index < -0.39 is 0 Å². The summed E-state index contributed by atoms with van der Waals surface area (Å²) < 4.78 is 0.795. The molecular weight excluding hydrogens is 190 g/mol. The molecule has 1 aromatic rings. The Kier molecular flexibility index (Phi) is 3.56. The van der Waals surface area contributed by atoms with Crippen LogP contribution in [0.3, 0.4) is 0 Å². The van der Waals surface area contributed by atoms with Crippen molar-refractivity contribution in [1.29, 1.82) is 0 Å². The lowest BCUT2D eigenvalue weighted by Crippen LogP contribution is -2.26. The molecule has 15 heavy (non-hydrogen) atoms. The van der Waals surface area contributed by atoms with Crippen LogP contribution in [0.15, 0.2) is 16.9 Å². The maximum Gasteiger partial charge on any atom is 0.286 e. The average Bonchev–Trinajstić information content (AvgIpc) is 2.20. The fourth-order valence-corrected chi connectivity index (χ4v) is 1.58. The lowest BCUT2D eigenvalue weighted by atomic mass is 10.0. The maximum atomic E-state index is 11.8. The fourth-order valence-electron chi connectivity index (χ4n) is 1.58. The highest BCUT2D eigenvalue weighted by Gasteiger charge is 2.13. The first-order chi connectivity index (χ1) is 6.99. The number of pyridine rings is 1. The van der Waals surface area contributed by atoms with Crippen molar-refractivity contribution in [2.24, 2.45) is 0 Å². The van der Waals surface area contributed by atoms with Crippen LogP contribution in [0.2, 0.25) is 0 Å². The van der Waals surface area contributed by atoms with Crippen molar-refractivity contribution in [2.45, 2.75) is 46.0 Å². The fraction of sp³-hybridized carbons (Fsp3) is 0.583. The standard InChI is InChI=1S/C12H19NO2/c1-5-9(4)11-7-6-10(8(2)3)12(14)13(11)15/h6-9,15H,5H2,1-4H3. The Balaban J connectivity index is 3.28. The van der Waals surface area contributed by atoms with Gasteiger partial charge in [0, 0.05) is 5.56 Å². The van der Waals surface area contributed by atoms with Gasteiger partial charge in [-0.05, 0) is 24.3 Å². The van der Waals surface area contributed by atoms with Crippen molar-refractivity contribution in [1.82, 2.24) is 4.73 Å². The number of hydrogen-bond donors (Lipinski definition) is 1. The quantitative estimate of drug-likeness (QED) is 0.778. The van der Waals surface area contributed by atoms with Gasteiger partial charge in [0.15, 0.2) is 0 Å². The van der Waals surface area contributed by atoms with Gasteiger partial charge in [-0.1, -0.05) is 33.8 Å². The average molecular weight is 209 g/mol. The van der Waals surface area contributed by atoms with Crippen LogP contribution in [-0.2, 0) is 0 Å². The summed E-state index contributed by atoms with van der Waals surface area (Å²) in [6, 6.07) is 3.66. The Morgan fingerprint density at radius 3 is 2.40 bits per heavy atom. The summed E-state index contributed by atoms with van der Waals surface area (Å²) in [5, 5.41) is 9.73. The van der Waals surface area contributed by atoms with Crippen molar-refractivity contribution in [3.05, 3.63) is 33.7 Å². The molecule has 0 aliphatic rings. The molecule has 1 aromatic heterocycles. The molecule has 0 amide bonds. The van der Waals surface area contributed by atoms with Crippen molar-refractivity contribution >= 4 is 0 Å². The first-order valence-corrected chi connectivity index (χ1v) is 5.44. The molecule has 1 N–H and O–H groups in total. The second-order valence-electron chi connectivity index (χ2n) is 4.29. The third-order valence-electron chi connectivity index (χ3n) is 2.86. The SMILES string of the molecule is CCC(C)c1ccc(C(C)C)c(=O)n1O. The van der Waals surface area contributed by atoms with E-state index in [0.717, 1.165) is 11.2 Å². The van der Waals surface area contributed by atoms with Gasteiger partial charge >= 0.3 is 0 Å². The van der Waals surface area contributed by atoms with Gasteiger partial charge in [-0.15, -0.1) is 0 Å². The molecule has 0 bridgehead atoms. The molecule has 1 unspecified atom stereocenters. The zero-order valence-corrected chi connectivity index (χ0v) is 9.82. The van der Waals surface area contributed by atoms with Gasteiger partial charge in [-0.3, -0.25) is 4.79 Å². The zero-order chi connectivity index (χ0) is 11.6. The smallest absolute Gasteiger partial charge is 0.286 e. The third kappa shape index (κ3) is 2.22. The van der Waals surface area contributed by atoms with E-state index in [2.05, 4.69) is 0 Å². The highest BCUT2D eigenvalue weighted by atomic mass is 16.5. The van der Waals surface area contributed by atoms with Gasteiger partial charge in [0.05, 0.1) is 5.69 Å². The molecule has 84 valence electrons. The summed E-state index contributed by atoms with van der Waals surface area (Å²) in [7, 11) is 0. The molecule has 1 heterocycles. The minimum atomic E-state index is -0.289. The highest BCUT2D eigenvalue weighted by molar-refractivity contribution is 5.20. The number of aromatic nitrogens is 1. The van der Waals surface area contributed by atoms with E-state index in [-0.39, 0.29) is 17.4 Å². The van der Waals surface area contributed by atoms with Crippen LogP contribution in [0, 0.1) is 0 Å². The van der Waals surface area contributed by atoms with E-state index in [0.29, 0.717) is 11.3 Å². The van der Waals surface area contributed by atoms with Gasteiger partial charge in [-0.25, -0.2) is 0 Å². The molecule has 0 radical (unpaired) electrons. The van der Waals surface area contributed by atoms with Gasteiger partial charge in [0.1, 0.15) is 0 Å². The molecule has 3 nitrogen and oxygen atoms in total. The van der Waals surface area contributed by atoms with Gasteiger partial charge in [0.25, 0.3) is 5.56 Å². The summed E-state index contributed by atoms with van der Waals surface area (Å²) in [5.74, 6) is 0.339. The third-order valence-corrected chi connectivity index (χ3v) is 2.86. The van der Waals surface area contributed by atoms with Crippen molar-refractivity contribution < 1.29 is 5.21 Å². The maximum absolute atomic E-state index is 11.8. The largest absolute Gasteiger partial charge is 0.425 e. The van der Waals surface area contributed by atoms with Gasteiger partial charge < -0.3 is 5.21 Å². The predicted molar refractivity (Wildman–Crippen MR) is 60.7 cm³/mol. The van der Waals surface area contributed by atoms with E-state index in [9.17, 15) is 10.0 Å². The van der Waals surface area contributed by atoms with E-state index in [4.69, 9.17) is 0 Å². The lowest BCUT2D eigenvalue weighted by molar-refractivity contribution is 0.160. The van der Waals surface area contributed by atoms with Crippen molar-refractivity contribution in [3.63, 3.8) is 0 Å². The predicted octanol–water partition coefficient (Wildman–Crippen LogP) is 2.72. The molecule has 0 aliphatic heterocycles. The summed E-state index contributed by atoms with van der Waals surface area (Å²) in [6.07, 6.45) is 0.904. The summed E-state index contributed by atoms with van der Waals surface area (Å²) in [4.78, 5) is 11.8. The molecule has 0 saturated carbocycles. The topological polar surface area (TPSA) is 42.2 Å². The summed E-state index contributed by atoms with van der Waals surface area (Å²) in [6.45, 7) is 7.92. The van der Waals surface area contributed by atoms with Crippen LogP contribution >= 0.6 is 0 Å². The van der Waals surface area contributed by atoms with Crippen LogP contribution in [0.1, 0.15) is 57.2 Å². The molecule has 3 heteroatoms. The molecule has 1 atom stereocenters. The Labute approximate surface area is 90.3 Å². The molecule has 0 spiro atoms. The second kappa shape index (κ2) is 4.51. The van der Waals surface area contributed by atoms with Crippen LogP contribution < -0.4 is 5.56 Å². The number of nitrogens with zero attached hydrogens (tertiary/aromatic N) is 1. The van der Waals surface area contributed by atoms with Crippen molar-refractivity contribution in [2.75, 3.05) is 0 Å². The number of rotatable bonds is 3. The highest BCUT2D eigenvalue weighted by Crippen LogP contribution is 2.18. The summed E-state index contributed by atoms with van der Waals surface area (Å²) in [5.41, 5.74) is 1.05. The molecule has 0 fully saturated rings. The van der Waals surface area contributed by atoms with E-state index >= 15 is 0 Å². The van der Waals surface area contributed by atoms with E-state index in [1.54, 1.807) is 0 Å². The Morgan fingerprint density at radius 1 is 1.33 bits per heavy atom. The van der Waals surface area contributed by atoms with E-state index in [1.807, 2.05) is 39.8 Å². The van der Waals surface area contributed by atoms with Crippen molar-refractivity contribution in [3.8, 4) is 0 Å². The first-order valence-electron chi connectivity index (χ1n) is 5.44. The normalized spacial score (nSPS) is 13.1. The molecular formula is C12H19NO2. The zero-order valence-electron chi connectivity index (χ0n) is 9.82. The summed E-state index contributed by atoms with van der Waals surface area (Å²) >= 11 is 0. The lowest BCUT2D eigenvalue weighted by Gasteiger charge is -2.14. The van der Waals surface area contributed by atoms with Crippen LogP contribution in [0.4, 0.5) is 0 Å². The van der Waals surface area contributed by atoms with Gasteiger partial charge in [0.2, 0.25) is 0 Å². The Hall–Kier alpha value is -1.25. The van der Waals surface area contributed by atoms with Gasteiger partial charge in [-0.2, -0.15) is 4.73 Å². The Morgan fingerprint density at radius 2 is 1.93 bits per heavy atom. The molecule has 0 aliphatic carbocycles.